The largest absolute Gasteiger partial charge is 0.438 e. The van der Waals surface area contributed by atoms with Crippen molar-refractivity contribution in [2.75, 3.05) is 5.32 Å². The van der Waals surface area contributed by atoms with Crippen LogP contribution in [0.5, 0.6) is 0 Å². The zero-order chi connectivity index (χ0) is 21.0. The molecular formula is C24H16N4O2S. The minimum atomic E-state index is -0.401. The molecule has 1 amide bonds. The monoisotopic (exact) mass is 424 g/mol. The highest BCUT2D eigenvalue weighted by atomic mass is 32.1. The SMILES string of the molecule is O=C(Nc1nc(-c2ccccn2)cs1)c1ocnc1-c1ccc(-c2ccccc2)cc1. The Balaban J connectivity index is 1.35. The Morgan fingerprint density at radius 2 is 1.55 bits per heavy atom. The number of rotatable bonds is 5. The summed E-state index contributed by atoms with van der Waals surface area (Å²) in [6.45, 7) is 0. The summed E-state index contributed by atoms with van der Waals surface area (Å²) in [5.74, 6) is -0.261. The number of hydrogen-bond acceptors (Lipinski definition) is 6. The van der Waals surface area contributed by atoms with Crippen LogP contribution in [0.2, 0.25) is 0 Å². The zero-order valence-electron chi connectivity index (χ0n) is 16.2. The molecule has 0 saturated carbocycles. The molecule has 31 heavy (non-hydrogen) atoms. The quantitative estimate of drug-likeness (QED) is 0.387. The maximum atomic E-state index is 12.8. The second-order valence-corrected chi connectivity index (χ2v) is 7.54. The van der Waals surface area contributed by atoms with Gasteiger partial charge in [-0.2, -0.15) is 0 Å². The molecule has 5 aromatic rings. The summed E-state index contributed by atoms with van der Waals surface area (Å²) in [7, 11) is 0. The van der Waals surface area contributed by atoms with Crippen LogP contribution < -0.4 is 5.32 Å². The van der Waals surface area contributed by atoms with E-state index in [0.717, 1.165) is 22.4 Å². The summed E-state index contributed by atoms with van der Waals surface area (Å²) >= 11 is 1.33. The molecule has 1 N–H and O–H groups in total. The molecule has 0 atom stereocenters. The maximum Gasteiger partial charge on any atom is 0.295 e. The molecule has 3 aromatic heterocycles. The van der Waals surface area contributed by atoms with Crippen LogP contribution in [0.15, 0.2) is 95.2 Å². The Morgan fingerprint density at radius 1 is 0.806 bits per heavy atom. The van der Waals surface area contributed by atoms with Crippen LogP contribution in [0.25, 0.3) is 33.8 Å². The van der Waals surface area contributed by atoms with Gasteiger partial charge in [-0.15, -0.1) is 11.3 Å². The standard InChI is InChI=1S/C24H16N4O2S/c29-23(28-24-27-20(14-31-24)19-8-4-5-13-25-19)22-21(26-15-30-22)18-11-9-17(10-12-18)16-6-2-1-3-7-16/h1-15H,(H,27,28,29). The number of carbonyl (C=O) groups is 1. The number of amides is 1. The third kappa shape index (κ3) is 3.99. The Kier molecular flexibility index (Phi) is 5.08. The summed E-state index contributed by atoms with van der Waals surface area (Å²) in [4.78, 5) is 25.8. The number of oxazole rings is 1. The molecule has 6 nitrogen and oxygen atoms in total. The molecule has 0 radical (unpaired) electrons. The van der Waals surface area contributed by atoms with Crippen LogP contribution in [-0.2, 0) is 0 Å². The molecule has 0 bridgehead atoms. The smallest absolute Gasteiger partial charge is 0.295 e. The van der Waals surface area contributed by atoms with Crippen LogP contribution in [0.3, 0.4) is 0 Å². The van der Waals surface area contributed by atoms with Gasteiger partial charge >= 0.3 is 0 Å². The molecular weight excluding hydrogens is 408 g/mol. The predicted octanol–water partition coefficient (Wildman–Crippen LogP) is 5.78. The van der Waals surface area contributed by atoms with Gasteiger partial charge < -0.3 is 4.42 Å². The number of nitrogens with zero attached hydrogens (tertiary/aromatic N) is 3. The number of benzene rings is 2. The van der Waals surface area contributed by atoms with Crippen molar-refractivity contribution in [3.8, 4) is 33.8 Å². The minimum Gasteiger partial charge on any atom is -0.438 e. The molecule has 0 saturated heterocycles. The molecule has 5 rings (SSSR count). The molecule has 0 aliphatic carbocycles. The molecule has 3 heterocycles. The number of hydrogen-bond donors (Lipinski definition) is 1. The normalized spacial score (nSPS) is 10.7. The van der Waals surface area contributed by atoms with Gasteiger partial charge in [0.05, 0.1) is 5.69 Å². The van der Waals surface area contributed by atoms with Crippen molar-refractivity contribution in [3.05, 3.63) is 96.5 Å². The highest BCUT2D eigenvalue weighted by molar-refractivity contribution is 7.14. The highest BCUT2D eigenvalue weighted by Crippen LogP contribution is 2.28. The van der Waals surface area contributed by atoms with E-state index in [-0.39, 0.29) is 5.76 Å². The van der Waals surface area contributed by atoms with E-state index < -0.39 is 5.91 Å². The maximum absolute atomic E-state index is 12.8. The highest BCUT2D eigenvalue weighted by Gasteiger charge is 2.20. The number of aromatic nitrogens is 3. The second kappa shape index (κ2) is 8.33. The Labute approximate surface area is 182 Å². The van der Waals surface area contributed by atoms with E-state index in [2.05, 4.69) is 32.4 Å². The van der Waals surface area contributed by atoms with Gasteiger partial charge in [0, 0.05) is 17.1 Å². The molecule has 0 spiro atoms. The van der Waals surface area contributed by atoms with Gasteiger partial charge in [-0.25, -0.2) is 9.97 Å². The van der Waals surface area contributed by atoms with E-state index in [1.807, 2.05) is 66.0 Å². The van der Waals surface area contributed by atoms with E-state index in [9.17, 15) is 4.79 Å². The van der Waals surface area contributed by atoms with E-state index in [0.29, 0.717) is 16.5 Å². The van der Waals surface area contributed by atoms with E-state index in [1.54, 1.807) is 6.20 Å². The van der Waals surface area contributed by atoms with Crippen LogP contribution in [0.4, 0.5) is 5.13 Å². The first-order chi connectivity index (χ1) is 15.3. The van der Waals surface area contributed by atoms with E-state index >= 15 is 0 Å². The van der Waals surface area contributed by atoms with Gasteiger partial charge in [-0.1, -0.05) is 60.7 Å². The van der Waals surface area contributed by atoms with Crippen LogP contribution in [0.1, 0.15) is 10.6 Å². The lowest BCUT2D eigenvalue weighted by atomic mass is 10.0. The first-order valence-electron chi connectivity index (χ1n) is 9.55. The second-order valence-electron chi connectivity index (χ2n) is 6.68. The van der Waals surface area contributed by atoms with Gasteiger partial charge in [0.1, 0.15) is 11.4 Å². The first kappa shape index (κ1) is 18.9. The number of nitrogens with one attached hydrogen (secondary N) is 1. The first-order valence-corrected chi connectivity index (χ1v) is 10.4. The average molecular weight is 424 g/mol. The molecule has 0 aliphatic rings. The van der Waals surface area contributed by atoms with Gasteiger partial charge in [-0.3, -0.25) is 15.1 Å². The van der Waals surface area contributed by atoms with Crippen LogP contribution in [0, 0.1) is 0 Å². The van der Waals surface area contributed by atoms with Crippen molar-refractivity contribution in [2.24, 2.45) is 0 Å². The van der Waals surface area contributed by atoms with Crippen LogP contribution in [-0.4, -0.2) is 20.9 Å². The summed E-state index contributed by atoms with van der Waals surface area (Å²) in [5.41, 5.74) is 4.95. The Bertz CT molecular complexity index is 1310. The minimum absolute atomic E-state index is 0.141. The van der Waals surface area contributed by atoms with Gasteiger partial charge in [0.2, 0.25) is 5.76 Å². The Hall–Kier alpha value is -4.10. The summed E-state index contributed by atoms with van der Waals surface area (Å²) < 4.78 is 5.40. The molecule has 7 heteroatoms. The molecule has 150 valence electrons. The van der Waals surface area contributed by atoms with E-state index in [4.69, 9.17) is 4.42 Å². The lowest BCUT2D eigenvalue weighted by molar-refractivity contribution is 0.0997. The fourth-order valence-electron chi connectivity index (χ4n) is 3.18. The van der Waals surface area contributed by atoms with Crippen LogP contribution >= 0.6 is 11.3 Å². The van der Waals surface area contributed by atoms with Crippen molar-refractivity contribution < 1.29 is 9.21 Å². The lowest BCUT2D eigenvalue weighted by Gasteiger charge is -2.04. The van der Waals surface area contributed by atoms with Gasteiger partial charge in [-0.05, 0) is 23.3 Å². The lowest BCUT2D eigenvalue weighted by Crippen LogP contribution is -2.12. The zero-order valence-corrected chi connectivity index (χ0v) is 17.0. The molecule has 0 fully saturated rings. The topological polar surface area (TPSA) is 80.9 Å². The van der Waals surface area contributed by atoms with Gasteiger partial charge in [0.25, 0.3) is 5.91 Å². The summed E-state index contributed by atoms with van der Waals surface area (Å²) in [6.07, 6.45) is 2.98. The van der Waals surface area contributed by atoms with Gasteiger partial charge in [0.15, 0.2) is 11.5 Å². The van der Waals surface area contributed by atoms with Crippen molar-refractivity contribution in [1.82, 2.24) is 15.0 Å². The molecule has 2 aromatic carbocycles. The average Bonchev–Trinajstić information content (AvgIpc) is 3.50. The summed E-state index contributed by atoms with van der Waals surface area (Å²) in [5, 5.41) is 5.10. The number of pyridine rings is 1. The third-order valence-corrected chi connectivity index (χ3v) is 5.45. The van der Waals surface area contributed by atoms with Crippen molar-refractivity contribution in [2.45, 2.75) is 0 Å². The van der Waals surface area contributed by atoms with Crippen molar-refractivity contribution in [1.29, 1.82) is 0 Å². The Morgan fingerprint density at radius 3 is 2.32 bits per heavy atom. The number of anilines is 1. The fourth-order valence-corrected chi connectivity index (χ4v) is 3.88. The third-order valence-electron chi connectivity index (χ3n) is 4.69. The van der Waals surface area contributed by atoms with Crippen molar-refractivity contribution in [3.63, 3.8) is 0 Å². The number of thiazole rings is 1. The molecule has 0 unspecified atom stereocenters. The number of carbonyl (C=O) groups excluding carboxylic acids is 1. The predicted molar refractivity (Wildman–Crippen MR) is 121 cm³/mol. The van der Waals surface area contributed by atoms with E-state index in [1.165, 1.54) is 17.7 Å². The van der Waals surface area contributed by atoms with Crippen molar-refractivity contribution >= 4 is 22.4 Å². The molecule has 0 aliphatic heterocycles. The fraction of sp³-hybridized carbons (Fsp3) is 0. The summed E-state index contributed by atoms with van der Waals surface area (Å²) in [6, 6.07) is 23.6.